The van der Waals surface area contributed by atoms with Gasteiger partial charge >= 0.3 is 0 Å². The molecule has 32 heavy (non-hydrogen) atoms. The fourth-order valence-electron chi connectivity index (χ4n) is 5.06. The lowest BCUT2D eigenvalue weighted by Gasteiger charge is -2.19. The molecule has 0 amide bonds. The second kappa shape index (κ2) is 19.5. The number of phenols is 1. The first-order valence-corrected chi connectivity index (χ1v) is 14.5. The molecule has 0 aliphatic carbocycles. The fraction of sp³-hybridized carbons (Fsp3) is 0.806. The molecule has 0 aliphatic heterocycles. The van der Waals surface area contributed by atoms with Gasteiger partial charge in [-0.2, -0.15) is 0 Å². The Morgan fingerprint density at radius 1 is 0.500 bits per heavy atom. The van der Waals surface area contributed by atoms with E-state index in [1.54, 1.807) is 5.56 Å². The monoisotopic (exact) mass is 444 g/mol. The average molecular weight is 445 g/mol. The summed E-state index contributed by atoms with van der Waals surface area (Å²) in [6.45, 7) is 8.97. The van der Waals surface area contributed by atoms with E-state index in [1.807, 2.05) is 0 Å². The van der Waals surface area contributed by atoms with Crippen LogP contribution in [0.1, 0.15) is 159 Å². The Labute approximate surface area is 201 Å². The smallest absolute Gasteiger partial charge is 0.121 e. The summed E-state index contributed by atoms with van der Waals surface area (Å²) in [5.74, 6) is 0.603. The van der Waals surface area contributed by atoms with Crippen LogP contribution in [0.4, 0.5) is 0 Å². The highest BCUT2D eigenvalue weighted by atomic mass is 16.3. The largest absolute Gasteiger partial charge is 0.507 e. The number of hydrogen-bond donors (Lipinski definition) is 1. The van der Waals surface area contributed by atoms with Gasteiger partial charge in [0.15, 0.2) is 0 Å². The van der Waals surface area contributed by atoms with Gasteiger partial charge in [-0.3, -0.25) is 0 Å². The van der Waals surface area contributed by atoms with Gasteiger partial charge in [-0.25, -0.2) is 0 Å². The van der Waals surface area contributed by atoms with Gasteiger partial charge in [-0.1, -0.05) is 123 Å². The SMILES string of the molecule is CCCCCCCCc1cc(C)c(O)c(CCCCCCCC)c1CCCCCCCC. The van der Waals surface area contributed by atoms with E-state index in [0.29, 0.717) is 5.75 Å². The van der Waals surface area contributed by atoms with Gasteiger partial charge in [0.25, 0.3) is 0 Å². The molecule has 1 nitrogen and oxygen atoms in total. The van der Waals surface area contributed by atoms with Crippen molar-refractivity contribution < 1.29 is 5.11 Å². The van der Waals surface area contributed by atoms with E-state index >= 15 is 0 Å². The first-order chi connectivity index (χ1) is 15.7. The quantitative estimate of drug-likeness (QED) is 0.187. The predicted molar refractivity (Wildman–Crippen MR) is 144 cm³/mol. The van der Waals surface area contributed by atoms with Crippen LogP contribution in [0.25, 0.3) is 0 Å². The maximum absolute atomic E-state index is 11.0. The molecule has 1 rings (SSSR count). The second-order valence-electron chi connectivity index (χ2n) is 10.2. The van der Waals surface area contributed by atoms with E-state index in [1.165, 1.54) is 133 Å². The maximum Gasteiger partial charge on any atom is 0.121 e. The van der Waals surface area contributed by atoms with Gasteiger partial charge < -0.3 is 5.11 Å². The zero-order valence-corrected chi connectivity index (χ0v) is 22.4. The van der Waals surface area contributed by atoms with Crippen LogP contribution < -0.4 is 0 Å². The van der Waals surface area contributed by atoms with Gasteiger partial charge in [0.2, 0.25) is 0 Å². The summed E-state index contributed by atoms with van der Waals surface area (Å²) in [6, 6.07) is 2.32. The molecule has 0 saturated carbocycles. The van der Waals surface area contributed by atoms with Crippen molar-refractivity contribution in [2.24, 2.45) is 0 Å². The van der Waals surface area contributed by atoms with Crippen molar-refractivity contribution in [3.63, 3.8) is 0 Å². The minimum absolute atomic E-state index is 0.603. The van der Waals surface area contributed by atoms with Crippen LogP contribution in [0.15, 0.2) is 6.07 Å². The number of aromatic hydroxyl groups is 1. The van der Waals surface area contributed by atoms with Gasteiger partial charge in [0, 0.05) is 0 Å². The highest BCUT2D eigenvalue weighted by molar-refractivity contribution is 5.50. The molecule has 1 heteroatoms. The summed E-state index contributed by atoms with van der Waals surface area (Å²) < 4.78 is 0. The molecule has 0 heterocycles. The number of aryl methyl sites for hydroxylation is 2. The Hall–Kier alpha value is -0.980. The lowest BCUT2D eigenvalue weighted by Crippen LogP contribution is -2.04. The summed E-state index contributed by atoms with van der Waals surface area (Å²) in [7, 11) is 0. The molecule has 0 fully saturated rings. The average Bonchev–Trinajstić information content (AvgIpc) is 2.79. The van der Waals surface area contributed by atoms with Gasteiger partial charge in [-0.15, -0.1) is 0 Å². The summed E-state index contributed by atoms with van der Waals surface area (Å²) in [5.41, 5.74) is 5.46. The Kier molecular flexibility index (Phi) is 17.7. The van der Waals surface area contributed by atoms with Crippen molar-refractivity contribution in [2.45, 2.75) is 163 Å². The van der Waals surface area contributed by atoms with Crippen molar-refractivity contribution in [3.8, 4) is 5.75 Å². The third kappa shape index (κ3) is 12.3. The van der Waals surface area contributed by atoms with Gasteiger partial charge in [-0.05, 0) is 67.7 Å². The molecule has 0 aliphatic rings. The van der Waals surface area contributed by atoms with Crippen molar-refractivity contribution >= 4 is 0 Å². The molecule has 0 atom stereocenters. The number of hydrogen-bond acceptors (Lipinski definition) is 1. The van der Waals surface area contributed by atoms with E-state index in [2.05, 4.69) is 33.8 Å². The Morgan fingerprint density at radius 3 is 1.34 bits per heavy atom. The highest BCUT2D eigenvalue weighted by Crippen LogP contribution is 2.33. The molecule has 1 aromatic rings. The molecule has 1 N–H and O–H groups in total. The summed E-state index contributed by atoms with van der Waals surface area (Å²) in [6.07, 6.45) is 27.5. The number of phenolic OH excluding ortho intramolecular Hbond substituents is 1. The number of benzene rings is 1. The zero-order valence-electron chi connectivity index (χ0n) is 22.4. The normalized spacial score (nSPS) is 11.4. The minimum Gasteiger partial charge on any atom is -0.507 e. The van der Waals surface area contributed by atoms with Crippen molar-refractivity contribution in [1.82, 2.24) is 0 Å². The Bertz CT molecular complexity index is 574. The number of rotatable bonds is 21. The van der Waals surface area contributed by atoms with E-state index in [-0.39, 0.29) is 0 Å². The van der Waals surface area contributed by atoms with Crippen LogP contribution in [0.3, 0.4) is 0 Å². The molecule has 0 radical (unpaired) electrons. The third-order valence-corrected chi connectivity index (χ3v) is 7.16. The van der Waals surface area contributed by atoms with Gasteiger partial charge in [0.1, 0.15) is 5.75 Å². The molecule has 0 spiro atoms. The standard InChI is InChI=1S/C31H56O/c1-5-8-11-14-17-20-23-28-26-27(4)31(32)30(25-22-19-16-13-10-7-3)29(28)24-21-18-15-12-9-6-2/h26,32H,5-25H2,1-4H3. The van der Waals surface area contributed by atoms with Crippen molar-refractivity contribution in [2.75, 3.05) is 0 Å². The summed E-state index contributed by atoms with van der Waals surface area (Å²) in [4.78, 5) is 0. The first-order valence-electron chi connectivity index (χ1n) is 14.5. The molecule has 0 saturated heterocycles. The molecular weight excluding hydrogens is 388 g/mol. The summed E-state index contributed by atoms with van der Waals surface area (Å²) >= 11 is 0. The zero-order chi connectivity index (χ0) is 23.4. The maximum atomic E-state index is 11.0. The third-order valence-electron chi connectivity index (χ3n) is 7.16. The lowest BCUT2D eigenvalue weighted by molar-refractivity contribution is 0.459. The van der Waals surface area contributed by atoms with Crippen LogP contribution in [0.2, 0.25) is 0 Å². The van der Waals surface area contributed by atoms with E-state index in [4.69, 9.17) is 0 Å². The lowest BCUT2D eigenvalue weighted by atomic mass is 9.87. The predicted octanol–water partition coefficient (Wildman–Crippen LogP) is 10.4. The molecule has 0 bridgehead atoms. The molecule has 1 aromatic carbocycles. The van der Waals surface area contributed by atoms with Crippen molar-refractivity contribution in [3.05, 3.63) is 28.3 Å². The number of unbranched alkanes of at least 4 members (excludes halogenated alkanes) is 15. The molecule has 0 aromatic heterocycles. The first kappa shape index (κ1) is 29.1. The van der Waals surface area contributed by atoms with Crippen LogP contribution in [-0.2, 0) is 19.3 Å². The van der Waals surface area contributed by atoms with E-state index < -0.39 is 0 Å². The minimum atomic E-state index is 0.603. The van der Waals surface area contributed by atoms with Crippen LogP contribution in [0, 0.1) is 6.92 Å². The highest BCUT2D eigenvalue weighted by Gasteiger charge is 2.15. The molecule has 0 unspecified atom stereocenters. The van der Waals surface area contributed by atoms with Crippen LogP contribution >= 0.6 is 0 Å². The van der Waals surface area contributed by atoms with E-state index in [0.717, 1.165) is 18.4 Å². The van der Waals surface area contributed by atoms with Crippen LogP contribution in [-0.4, -0.2) is 5.11 Å². The molecule has 186 valence electrons. The Morgan fingerprint density at radius 2 is 0.875 bits per heavy atom. The topological polar surface area (TPSA) is 20.2 Å². The van der Waals surface area contributed by atoms with Crippen molar-refractivity contribution in [1.29, 1.82) is 0 Å². The second-order valence-corrected chi connectivity index (χ2v) is 10.2. The summed E-state index contributed by atoms with van der Waals surface area (Å²) in [5, 5.41) is 11.0. The van der Waals surface area contributed by atoms with E-state index in [9.17, 15) is 5.11 Å². The van der Waals surface area contributed by atoms with Gasteiger partial charge in [0.05, 0.1) is 0 Å². The van der Waals surface area contributed by atoms with Crippen LogP contribution in [0.5, 0.6) is 5.75 Å². The molecular formula is C31H56O. The Balaban J connectivity index is 2.78. The fourth-order valence-corrected chi connectivity index (χ4v) is 5.06.